The van der Waals surface area contributed by atoms with Gasteiger partial charge in [0.15, 0.2) is 5.96 Å². The number of benzene rings is 4. The van der Waals surface area contributed by atoms with Gasteiger partial charge in [0, 0.05) is 57.4 Å². The molecule has 10 heteroatoms. The van der Waals surface area contributed by atoms with Gasteiger partial charge in [-0.15, -0.1) is 0 Å². The zero-order chi connectivity index (χ0) is 32.3. The zero-order valence-electron chi connectivity index (χ0n) is 25.4. The molecule has 5 rings (SSSR count). The number of nitrogens with zero attached hydrogens (tertiary/aromatic N) is 2. The van der Waals surface area contributed by atoms with Gasteiger partial charge in [-0.1, -0.05) is 35.3 Å². The molecule has 0 unspecified atom stereocenters. The Morgan fingerprint density at radius 1 is 0.848 bits per heavy atom. The largest absolute Gasteiger partial charge is 0.466 e. The average molecular weight is 655 g/mol. The lowest BCUT2D eigenvalue weighted by Gasteiger charge is -2.14. The third kappa shape index (κ3) is 9.23. The van der Waals surface area contributed by atoms with Crippen LogP contribution in [0.2, 0.25) is 10.0 Å². The number of aromatic nitrogens is 1. The molecular formula is C36H33Cl2N5O3. The number of nitrogens with one attached hydrogen (secondary N) is 3. The third-order valence-corrected chi connectivity index (χ3v) is 7.34. The molecule has 8 nitrogen and oxygen atoms in total. The van der Waals surface area contributed by atoms with Crippen LogP contribution >= 0.6 is 23.2 Å². The highest BCUT2D eigenvalue weighted by Gasteiger charge is 2.06. The van der Waals surface area contributed by atoms with Gasteiger partial charge < -0.3 is 25.4 Å². The number of carbonyl (C=O) groups excluding carboxylic acids is 1. The molecule has 0 spiro atoms. The van der Waals surface area contributed by atoms with Gasteiger partial charge in [0.1, 0.15) is 11.5 Å². The van der Waals surface area contributed by atoms with E-state index in [0.29, 0.717) is 39.6 Å². The Kier molecular flexibility index (Phi) is 11.1. The Labute approximate surface area is 278 Å². The van der Waals surface area contributed by atoms with Gasteiger partial charge in [-0.25, -0.2) is 4.79 Å². The Hall–Kier alpha value is -5.05. The lowest BCUT2D eigenvalue weighted by Crippen LogP contribution is -2.22. The summed E-state index contributed by atoms with van der Waals surface area (Å²) in [6, 6.07) is 30.2. The topological polar surface area (TPSA) is 96.9 Å². The van der Waals surface area contributed by atoms with Crippen molar-refractivity contribution in [3.8, 4) is 11.5 Å². The number of ether oxygens (including phenoxy) is 2. The smallest absolute Gasteiger partial charge is 0.333 e. The second-order valence-corrected chi connectivity index (χ2v) is 11.2. The molecule has 0 saturated carbocycles. The SMILES string of the molecule is COC(=O)/C(C)=C/c1ccc(Oc2ccc(NC(=NCCCNc3ccnc4cc(Cl)ccc34)Nc3ccc(Cl)cc3)cc2)cc1. The molecule has 1 aromatic heterocycles. The van der Waals surface area contributed by atoms with Crippen LogP contribution in [0.4, 0.5) is 17.1 Å². The van der Waals surface area contributed by atoms with E-state index in [1.54, 1.807) is 19.2 Å². The summed E-state index contributed by atoms with van der Waals surface area (Å²) in [6.45, 7) is 3.02. The van der Waals surface area contributed by atoms with Crippen LogP contribution in [0.3, 0.4) is 0 Å². The van der Waals surface area contributed by atoms with E-state index in [-0.39, 0.29) is 5.97 Å². The molecule has 4 aromatic carbocycles. The molecule has 0 bridgehead atoms. The van der Waals surface area contributed by atoms with Gasteiger partial charge in [0.05, 0.1) is 12.6 Å². The predicted octanol–water partition coefficient (Wildman–Crippen LogP) is 9.29. The third-order valence-electron chi connectivity index (χ3n) is 6.86. The highest BCUT2D eigenvalue weighted by Crippen LogP contribution is 2.26. The molecule has 0 aliphatic rings. The molecule has 0 atom stereocenters. The standard InChI is InChI=1S/C36H33Cl2N5O3/c1-24(35(44)45-2)22-25-4-13-30(14-5-25)46-31-15-11-29(12-16-31)43-36(42-28-9-6-26(37)7-10-28)41-20-3-19-39-33-18-21-40-34-23-27(38)8-17-32(33)34/h4-18,21-23H,3,19-20H2,1-2H3,(H,39,40)(H2,41,42,43)/b24-22+. The van der Waals surface area contributed by atoms with E-state index < -0.39 is 0 Å². The molecule has 0 saturated heterocycles. The number of anilines is 3. The maximum atomic E-state index is 11.6. The van der Waals surface area contributed by atoms with Crippen molar-refractivity contribution in [2.24, 2.45) is 4.99 Å². The summed E-state index contributed by atoms with van der Waals surface area (Å²) in [4.78, 5) is 20.9. The number of hydrogen-bond acceptors (Lipinski definition) is 6. The number of esters is 1. The van der Waals surface area contributed by atoms with Crippen molar-refractivity contribution in [1.29, 1.82) is 0 Å². The Balaban J connectivity index is 1.20. The van der Waals surface area contributed by atoms with E-state index in [4.69, 9.17) is 37.7 Å². The van der Waals surface area contributed by atoms with Crippen molar-refractivity contribution >= 4 is 69.2 Å². The number of carbonyl (C=O) groups is 1. The van der Waals surface area contributed by atoms with E-state index in [1.165, 1.54) is 7.11 Å². The summed E-state index contributed by atoms with van der Waals surface area (Å²) in [5.74, 6) is 1.60. The number of halogens is 2. The lowest BCUT2D eigenvalue weighted by molar-refractivity contribution is -0.135. The molecule has 1 heterocycles. The predicted molar refractivity (Wildman–Crippen MR) is 189 cm³/mol. The summed E-state index contributed by atoms with van der Waals surface area (Å²) in [5.41, 5.74) is 4.95. The summed E-state index contributed by atoms with van der Waals surface area (Å²) in [6.07, 6.45) is 4.34. The van der Waals surface area contributed by atoms with Crippen molar-refractivity contribution in [2.45, 2.75) is 13.3 Å². The van der Waals surface area contributed by atoms with Crippen LogP contribution in [-0.4, -0.2) is 37.1 Å². The van der Waals surface area contributed by atoms with Crippen molar-refractivity contribution < 1.29 is 14.3 Å². The molecule has 0 amide bonds. The Morgan fingerprint density at radius 3 is 2.15 bits per heavy atom. The molecule has 0 aliphatic heterocycles. The fourth-order valence-corrected chi connectivity index (χ4v) is 4.82. The van der Waals surface area contributed by atoms with Gasteiger partial charge in [0.25, 0.3) is 0 Å². The molecule has 3 N–H and O–H groups in total. The van der Waals surface area contributed by atoms with Crippen LogP contribution in [0.5, 0.6) is 11.5 Å². The number of guanidine groups is 1. The maximum Gasteiger partial charge on any atom is 0.333 e. The zero-order valence-corrected chi connectivity index (χ0v) is 26.9. The number of methoxy groups -OCH3 is 1. The molecule has 5 aromatic rings. The van der Waals surface area contributed by atoms with Crippen LogP contribution in [0.15, 0.2) is 114 Å². The van der Waals surface area contributed by atoms with E-state index in [2.05, 4.69) is 20.9 Å². The second-order valence-electron chi connectivity index (χ2n) is 10.3. The molecular weight excluding hydrogens is 621 g/mol. The molecule has 0 aliphatic carbocycles. The van der Waals surface area contributed by atoms with Crippen LogP contribution in [0.25, 0.3) is 17.0 Å². The summed E-state index contributed by atoms with van der Waals surface area (Å²) >= 11 is 12.2. The first-order valence-electron chi connectivity index (χ1n) is 14.6. The first-order chi connectivity index (χ1) is 22.4. The van der Waals surface area contributed by atoms with Crippen molar-refractivity contribution in [3.05, 3.63) is 124 Å². The minimum Gasteiger partial charge on any atom is -0.466 e. The summed E-state index contributed by atoms with van der Waals surface area (Å²) < 4.78 is 10.8. The first-order valence-corrected chi connectivity index (χ1v) is 15.4. The highest BCUT2D eigenvalue weighted by atomic mass is 35.5. The molecule has 46 heavy (non-hydrogen) atoms. The second kappa shape index (κ2) is 15.8. The van der Waals surface area contributed by atoms with E-state index >= 15 is 0 Å². The number of fused-ring (bicyclic) bond motifs is 1. The number of pyridine rings is 1. The van der Waals surface area contributed by atoms with Crippen LogP contribution in [0.1, 0.15) is 18.9 Å². The number of rotatable bonds is 11. The monoisotopic (exact) mass is 653 g/mol. The minimum atomic E-state index is -0.358. The Bertz CT molecular complexity index is 1840. The van der Waals surface area contributed by atoms with Crippen molar-refractivity contribution in [3.63, 3.8) is 0 Å². The minimum absolute atomic E-state index is 0.358. The normalized spacial score (nSPS) is 11.7. The van der Waals surface area contributed by atoms with E-state index in [1.807, 2.05) is 97.1 Å². The fraction of sp³-hybridized carbons (Fsp3) is 0.139. The van der Waals surface area contributed by atoms with Gasteiger partial charge in [0.2, 0.25) is 0 Å². The molecule has 0 radical (unpaired) electrons. The van der Waals surface area contributed by atoms with Gasteiger partial charge >= 0.3 is 5.97 Å². The van der Waals surface area contributed by atoms with Gasteiger partial charge in [-0.05, 0) is 110 Å². The van der Waals surface area contributed by atoms with Gasteiger partial charge in [-0.3, -0.25) is 9.98 Å². The number of hydrogen-bond donors (Lipinski definition) is 3. The fourth-order valence-electron chi connectivity index (χ4n) is 4.53. The molecule has 234 valence electrons. The lowest BCUT2D eigenvalue weighted by atomic mass is 10.1. The van der Waals surface area contributed by atoms with Crippen molar-refractivity contribution in [1.82, 2.24) is 4.98 Å². The highest BCUT2D eigenvalue weighted by molar-refractivity contribution is 6.31. The Morgan fingerprint density at radius 2 is 1.48 bits per heavy atom. The van der Waals surface area contributed by atoms with Crippen LogP contribution in [-0.2, 0) is 9.53 Å². The van der Waals surface area contributed by atoms with Crippen LogP contribution < -0.4 is 20.7 Å². The summed E-state index contributed by atoms with van der Waals surface area (Å²) in [7, 11) is 1.37. The maximum absolute atomic E-state index is 11.6. The van der Waals surface area contributed by atoms with E-state index in [9.17, 15) is 4.79 Å². The van der Waals surface area contributed by atoms with Crippen molar-refractivity contribution in [2.75, 3.05) is 36.1 Å². The van der Waals surface area contributed by atoms with Crippen LogP contribution in [0, 0.1) is 0 Å². The molecule has 0 fully saturated rings. The first kappa shape index (κ1) is 32.3. The summed E-state index contributed by atoms with van der Waals surface area (Å²) in [5, 5.41) is 12.6. The quantitative estimate of drug-likeness (QED) is 0.0430. The average Bonchev–Trinajstić information content (AvgIpc) is 3.06. The van der Waals surface area contributed by atoms with E-state index in [0.717, 1.165) is 46.5 Å². The van der Waals surface area contributed by atoms with Gasteiger partial charge in [-0.2, -0.15) is 0 Å². The number of aliphatic imine (C=N–C) groups is 1.